The number of esters is 3. The predicted molar refractivity (Wildman–Crippen MR) is 361 cm³/mol. The molecule has 0 saturated carbocycles. The molecular formula is C77H118O6. The van der Waals surface area contributed by atoms with Gasteiger partial charge in [-0.05, 0) is 148 Å². The van der Waals surface area contributed by atoms with Crippen molar-refractivity contribution in [3.63, 3.8) is 0 Å². The summed E-state index contributed by atoms with van der Waals surface area (Å²) >= 11 is 0. The van der Waals surface area contributed by atoms with Crippen molar-refractivity contribution in [2.75, 3.05) is 13.2 Å². The largest absolute Gasteiger partial charge is 0.462 e. The SMILES string of the molecule is CC/C=C\C/C=C\C/C=C\C/C=C\C/C=C\C/C=C\C/C=C\CCCCCCCCCCCCCC(=O)OCC(COC(=O)CCCCC/C=C\C/C=C\C/C=C\CC)OC(=O)CC/C=C\C/C=C\C/C=C\C/C=C\C/C=C\C/C=C\CC. The maximum Gasteiger partial charge on any atom is 0.306 e. The Balaban J connectivity index is 4.38. The molecule has 0 amide bonds. The fourth-order valence-electron chi connectivity index (χ4n) is 8.29. The maximum absolute atomic E-state index is 12.9. The van der Waals surface area contributed by atoms with Crippen molar-refractivity contribution in [3.05, 3.63) is 194 Å². The minimum absolute atomic E-state index is 0.128. The van der Waals surface area contributed by atoms with Crippen LogP contribution in [0.1, 0.15) is 252 Å². The third kappa shape index (κ3) is 66.9. The van der Waals surface area contributed by atoms with Crippen molar-refractivity contribution in [3.8, 4) is 0 Å². The fourth-order valence-corrected chi connectivity index (χ4v) is 8.29. The van der Waals surface area contributed by atoms with Gasteiger partial charge in [-0.25, -0.2) is 0 Å². The molecule has 0 spiro atoms. The number of carbonyl (C=O) groups excluding carboxylic acids is 3. The molecule has 0 saturated heterocycles. The molecule has 0 bridgehead atoms. The quantitative estimate of drug-likeness (QED) is 0.0261. The van der Waals surface area contributed by atoms with Crippen LogP contribution in [0.2, 0.25) is 0 Å². The number of unbranched alkanes of at least 4 members (excludes halogenated alkanes) is 14. The summed E-state index contributed by atoms with van der Waals surface area (Å²) in [7, 11) is 0. The lowest BCUT2D eigenvalue weighted by atomic mass is 10.0. The summed E-state index contributed by atoms with van der Waals surface area (Å²) in [4.78, 5) is 38.3. The highest BCUT2D eigenvalue weighted by molar-refractivity contribution is 5.71. The molecule has 0 aromatic heterocycles. The molecule has 83 heavy (non-hydrogen) atoms. The Kier molecular flexibility index (Phi) is 64.0. The zero-order chi connectivity index (χ0) is 59.9. The van der Waals surface area contributed by atoms with Crippen LogP contribution < -0.4 is 0 Å². The van der Waals surface area contributed by atoms with Gasteiger partial charge in [0.15, 0.2) is 6.10 Å². The summed E-state index contributed by atoms with van der Waals surface area (Å²) < 4.78 is 16.8. The second-order valence-corrected chi connectivity index (χ2v) is 20.9. The third-order valence-corrected chi connectivity index (χ3v) is 13.1. The second-order valence-electron chi connectivity index (χ2n) is 20.9. The van der Waals surface area contributed by atoms with Crippen LogP contribution in [0.3, 0.4) is 0 Å². The summed E-state index contributed by atoms with van der Waals surface area (Å²) in [6.45, 7) is 6.19. The van der Waals surface area contributed by atoms with Gasteiger partial charge in [0.05, 0.1) is 0 Å². The van der Waals surface area contributed by atoms with E-state index in [0.717, 1.165) is 148 Å². The number of hydrogen-bond acceptors (Lipinski definition) is 6. The van der Waals surface area contributed by atoms with Crippen molar-refractivity contribution >= 4 is 17.9 Å². The summed E-state index contributed by atoms with van der Waals surface area (Å²) in [6.07, 6.45) is 105. The first-order valence-corrected chi connectivity index (χ1v) is 32.9. The van der Waals surface area contributed by atoms with E-state index in [1.165, 1.54) is 57.8 Å². The Labute approximate surface area is 509 Å². The van der Waals surface area contributed by atoms with E-state index in [1.54, 1.807) is 0 Å². The van der Waals surface area contributed by atoms with E-state index in [2.05, 4.69) is 203 Å². The fraction of sp³-hybridized carbons (Fsp3) is 0.545. The van der Waals surface area contributed by atoms with Crippen molar-refractivity contribution < 1.29 is 28.6 Å². The smallest absolute Gasteiger partial charge is 0.306 e. The van der Waals surface area contributed by atoms with Crippen LogP contribution in [0, 0.1) is 0 Å². The van der Waals surface area contributed by atoms with Crippen molar-refractivity contribution in [2.45, 2.75) is 258 Å². The van der Waals surface area contributed by atoms with E-state index in [-0.39, 0.29) is 31.6 Å². The van der Waals surface area contributed by atoms with E-state index in [9.17, 15) is 14.4 Å². The number of hydrogen-bond donors (Lipinski definition) is 0. The number of ether oxygens (including phenoxy) is 3. The zero-order valence-electron chi connectivity index (χ0n) is 52.9. The highest BCUT2D eigenvalue weighted by Crippen LogP contribution is 2.14. The molecule has 0 radical (unpaired) electrons. The molecule has 0 N–H and O–H groups in total. The molecule has 6 heteroatoms. The monoisotopic (exact) mass is 1140 g/mol. The molecule has 0 aromatic carbocycles. The summed E-state index contributed by atoms with van der Waals surface area (Å²) in [5.41, 5.74) is 0. The van der Waals surface area contributed by atoms with E-state index >= 15 is 0 Å². The van der Waals surface area contributed by atoms with Gasteiger partial charge < -0.3 is 14.2 Å². The Morgan fingerprint density at radius 3 is 0.735 bits per heavy atom. The normalized spacial score (nSPS) is 13.4. The number of rotatable bonds is 57. The second kappa shape index (κ2) is 68.7. The van der Waals surface area contributed by atoms with Gasteiger partial charge in [-0.1, -0.05) is 279 Å². The molecule has 0 aliphatic rings. The van der Waals surface area contributed by atoms with E-state index in [0.29, 0.717) is 19.3 Å². The van der Waals surface area contributed by atoms with Gasteiger partial charge in [0.1, 0.15) is 13.2 Å². The van der Waals surface area contributed by atoms with Crippen LogP contribution in [0.4, 0.5) is 0 Å². The Morgan fingerprint density at radius 1 is 0.241 bits per heavy atom. The summed E-state index contributed by atoms with van der Waals surface area (Å²) in [5, 5.41) is 0. The number of allylic oxidation sites excluding steroid dienone is 32. The molecular weight excluding hydrogens is 1020 g/mol. The van der Waals surface area contributed by atoms with Gasteiger partial charge in [-0.2, -0.15) is 0 Å². The van der Waals surface area contributed by atoms with Gasteiger partial charge in [0.2, 0.25) is 0 Å². The van der Waals surface area contributed by atoms with E-state index in [1.807, 2.05) is 12.2 Å². The van der Waals surface area contributed by atoms with Gasteiger partial charge in [-0.15, -0.1) is 0 Å². The standard InChI is InChI=1S/C77H118O6/c1-4-7-10-13-16-19-22-25-27-29-31-32-33-34-35-36-37-38-39-40-41-42-43-44-46-47-49-52-55-58-61-64-67-70-76(79)82-73-74(72-81-75(78)69-66-63-60-57-54-51-24-21-18-15-12-9-6-3)83-77(80)71-68-65-62-59-56-53-50-48-45-30-28-26-23-20-17-14-11-8-5-2/h7-12,16-21,25-28,31-32,34-35,37-38,40-41,45,48,51,53-54,56,62,65,74H,4-6,13-15,22-24,29-30,33,36,39,42-44,46-47,49-50,52,55,57-61,63-64,66-73H2,1-3H3/b10-7-,11-8-,12-9-,19-16-,20-17-,21-18-,27-25-,28-26-,32-31-,35-34-,38-37-,41-40-,48-45-,54-51-,56-53-,65-62-. The zero-order valence-corrected chi connectivity index (χ0v) is 52.9. The van der Waals surface area contributed by atoms with Crippen LogP contribution in [-0.4, -0.2) is 37.2 Å². The van der Waals surface area contributed by atoms with E-state index in [4.69, 9.17) is 14.2 Å². The van der Waals surface area contributed by atoms with Crippen LogP contribution in [0.25, 0.3) is 0 Å². The minimum Gasteiger partial charge on any atom is -0.462 e. The molecule has 0 rings (SSSR count). The molecule has 0 heterocycles. The molecule has 0 fully saturated rings. The highest BCUT2D eigenvalue weighted by Gasteiger charge is 2.19. The number of carbonyl (C=O) groups is 3. The molecule has 0 aromatic rings. The van der Waals surface area contributed by atoms with E-state index < -0.39 is 12.1 Å². The molecule has 462 valence electrons. The van der Waals surface area contributed by atoms with Crippen molar-refractivity contribution in [1.82, 2.24) is 0 Å². The van der Waals surface area contributed by atoms with Gasteiger partial charge in [0, 0.05) is 19.3 Å². The predicted octanol–water partition coefficient (Wildman–Crippen LogP) is 23.0. The lowest BCUT2D eigenvalue weighted by Crippen LogP contribution is -2.30. The lowest BCUT2D eigenvalue weighted by Gasteiger charge is -2.18. The highest BCUT2D eigenvalue weighted by atomic mass is 16.6. The molecule has 0 aliphatic carbocycles. The molecule has 0 aliphatic heterocycles. The van der Waals surface area contributed by atoms with Crippen molar-refractivity contribution in [2.24, 2.45) is 0 Å². The van der Waals surface area contributed by atoms with Crippen LogP contribution >= 0.6 is 0 Å². The van der Waals surface area contributed by atoms with Gasteiger partial charge in [0.25, 0.3) is 0 Å². The minimum atomic E-state index is -0.844. The first-order chi connectivity index (χ1) is 41.0. The summed E-state index contributed by atoms with van der Waals surface area (Å²) in [6, 6.07) is 0. The first kappa shape index (κ1) is 77.2. The van der Waals surface area contributed by atoms with Crippen LogP contribution in [0.15, 0.2) is 194 Å². The lowest BCUT2D eigenvalue weighted by molar-refractivity contribution is -0.166. The van der Waals surface area contributed by atoms with Crippen molar-refractivity contribution in [1.29, 1.82) is 0 Å². The third-order valence-electron chi connectivity index (χ3n) is 13.1. The summed E-state index contributed by atoms with van der Waals surface area (Å²) in [5.74, 6) is -1.06. The van der Waals surface area contributed by atoms with Crippen LogP contribution in [0.5, 0.6) is 0 Å². The average Bonchev–Trinajstić information content (AvgIpc) is 3.49. The van der Waals surface area contributed by atoms with Crippen LogP contribution in [-0.2, 0) is 28.6 Å². The van der Waals surface area contributed by atoms with Gasteiger partial charge in [-0.3, -0.25) is 14.4 Å². The topological polar surface area (TPSA) is 78.9 Å². The average molecular weight is 1140 g/mol. The molecule has 1 atom stereocenters. The Morgan fingerprint density at radius 2 is 0.458 bits per heavy atom. The Hall–Kier alpha value is -5.75. The van der Waals surface area contributed by atoms with Gasteiger partial charge >= 0.3 is 17.9 Å². The molecule has 6 nitrogen and oxygen atoms in total. The Bertz CT molecular complexity index is 1990. The molecule has 1 unspecified atom stereocenters. The first-order valence-electron chi connectivity index (χ1n) is 32.9. The maximum atomic E-state index is 12.9.